The molecule has 4 aromatic rings. The molecule has 0 aliphatic heterocycles. The zero-order chi connectivity index (χ0) is 28.9. The largest absolute Gasteiger partial charge is 0.491 e. The third-order valence-electron chi connectivity index (χ3n) is 6.37. The highest BCUT2D eigenvalue weighted by atomic mass is 16.6. The fourth-order valence-corrected chi connectivity index (χ4v) is 4.36. The van der Waals surface area contributed by atoms with Gasteiger partial charge in [0.15, 0.2) is 5.52 Å². The van der Waals surface area contributed by atoms with Crippen molar-refractivity contribution in [1.29, 1.82) is 0 Å². The summed E-state index contributed by atoms with van der Waals surface area (Å²) in [6, 6.07) is 18.7. The topological polar surface area (TPSA) is 180 Å². The minimum absolute atomic E-state index is 0.0898. The van der Waals surface area contributed by atoms with E-state index >= 15 is 0 Å². The smallest absolute Gasteiger partial charge is 0.300 e. The molecule has 41 heavy (non-hydrogen) atoms. The van der Waals surface area contributed by atoms with Gasteiger partial charge in [-0.05, 0) is 28.5 Å². The molecule has 0 amide bonds. The number of aromatic nitrogens is 2. The monoisotopic (exact) mass is 564 g/mol. The van der Waals surface area contributed by atoms with E-state index < -0.39 is 4.92 Å². The number of nitrogens with two attached hydrogens (primary N) is 2. The van der Waals surface area contributed by atoms with Crippen LogP contribution in [0.5, 0.6) is 11.5 Å². The summed E-state index contributed by atoms with van der Waals surface area (Å²) in [5, 5.41) is 25.9. The molecule has 0 saturated carbocycles. The Kier molecular flexibility index (Phi) is 11.2. The number of nitro groups is 1. The molecule has 0 fully saturated rings. The van der Waals surface area contributed by atoms with Crippen molar-refractivity contribution in [2.45, 2.75) is 13.1 Å². The molecule has 3 aromatic carbocycles. The van der Waals surface area contributed by atoms with Crippen LogP contribution in [-0.4, -0.2) is 67.7 Å². The molecule has 0 saturated heterocycles. The first-order chi connectivity index (χ1) is 20.1. The summed E-state index contributed by atoms with van der Waals surface area (Å²) in [7, 11) is 0. The maximum atomic E-state index is 11.5. The fraction of sp³-hybridized carbons (Fsp3) is 0.357. The van der Waals surface area contributed by atoms with Gasteiger partial charge in [-0.15, -0.1) is 0 Å². The lowest BCUT2D eigenvalue weighted by atomic mass is 10.2. The first-order valence-electron chi connectivity index (χ1n) is 13.5. The van der Waals surface area contributed by atoms with Crippen molar-refractivity contribution in [3.63, 3.8) is 0 Å². The van der Waals surface area contributed by atoms with E-state index in [4.69, 9.17) is 25.6 Å². The van der Waals surface area contributed by atoms with Crippen molar-refractivity contribution in [3.8, 4) is 11.5 Å². The highest BCUT2D eigenvalue weighted by Crippen LogP contribution is 2.31. The van der Waals surface area contributed by atoms with Gasteiger partial charge >= 0.3 is 5.69 Å². The van der Waals surface area contributed by atoms with E-state index in [1.807, 2.05) is 53.4 Å². The maximum Gasteiger partial charge on any atom is 0.300 e. The van der Waals surface area contributed by atoms with Crippen LogP contribution in [0, 0.1) is 10.1 Å². The lowest BCUT2D eigenvalue weighted by Gasteiger charge is -2.25. The first kappa shape index (κ1) is 29.7. The molecule has 218 valence electrons. The molecule has 0 unspecified atom stereocenters. The minimum atomic E-state index is -0.502. The maximum absolute atomic E-state index is 11.5. The Hall–Kier alpha value is -4.30. The molecule has 0 aliphatic carbocycles. The number of nitrogens with one attached hydrogen (secondary N) is 2. The predicted octanol–water partition coefficient (Wildman–Crippen LogP) is 2.19. The Balaban J connectivity index is 1.49. The van der Waals surface area contributed by atoms with Gasteiger partial charge in [-0.25, -0.2) is 4.63 Å². The molecule has 0 radical (unpaired) electrons. The molecule has 1 aromatic heterocycles. The van der Waals surface area contributed by atoms with Gasteiger partial charge in [-0.2, -0.15) is 0 Å². The molecule has 0 spiro atoms. The molecule has 4 rings (SSSR count). The summed E-state index contributed by atoms with van der Waals surface area (Å²) in [4.78, 5) is 13.0. The van der Waals surface area contributed by atoms with E-state index in [9.17, 15) is 10.1 Å². The van der Waals surface area contributed by atoms with Crippen LogP contribution in [0.2, 0.25) is 0 Å². The number of fused-ring (bicyclic) bond motifs is 1. The molecule has 13 nitrogen and oxygen atoms in total. The standard InChI is InChI=1S/C28H36N8O5/c29-11-13-31-19-21-5-1-3-7-25(21)39-17-15-35(23-9-10-24(36(37)38)28-27(23)33-41-34-28)16-18-40-26-8-4-2-6-22(26)20-32-14-12-30/h1-10,31-32H,11-20,29-30H2. The Bertz CT molecular complexity index is 1340. The number of benzene rings is 3. The van der Waals surface area contributed by atoms with E-state index in [0.717, 1.165) is 22.6 Å². The van der Waals surface area contributed by atoms with Gasteiger partial charge in [0.1, 0.15) is 24.7 Å². The van der Waals surface area contributed by atoms with Crippen molar-refractivity contribution in [1.82, 2.24) is 20.9 Å². The second kappa shape index (κ2) is 15.5. The number of rotatable bonds is 18. The lowest BCUT2D eigenvalue weighted by Crippen LogP contribution is -2.33. The molecular formula is C28H36N8O5. The Morgan fingerprint density at radius 1 is 0.805 bits per heavy atom. The van der Waals surface area contributed by atoms with Crippen LogP contribution < -0.4 is 36.5 Å². The number of hydrogen-bond acceptors (Lipinski definition) is 12. The summed E-state index contributed by atoms with van der Waals surface area (Å²) >= 11 is 0. The second-order valence-electron chi connectivity index (χ2n) is 9.15. The molecule has 0 atom stereocenters. The van der Waals surface area contributed by atoms with Gasteiger partial charge in [0.2, 0.25) is 5.52 Å². The van der Waals surface area contributed by atoms with Gasteiger partial charge in [0, 0.05) is 56.5 Å². The van der Waals surface area contributed by atoms with E-state index in [-0.39, 0.29) is 11.2 Å². The van der Waals surface area contributed by atoms with Gasteiger partial charge < -0.3 is 36.5 Å². The van der Waals surface area contributed by atoms with Gasteiger partial charge in [0.05, 0.1) is 23.7 Å². The highest BCUT2D eigenvalue weighted by Gasteiger charge is 2.23. The Morgan fingerprint density at radius 3 is 1.88 bits per heavy atom. The van der Waals surface area contributed by atoms with Crippen LogP contribution in [0.25, 0.3) is 11.0 Å². The summed E-state index contributed by atoms with van der Waals surface area (Å²) in [6.07, 6.45) is 0. The Labute approximate surface area is 237 Å². The van der Waals surface area contributed by atoms with E-state index in [0.29, 0.717) is 76.8 Å². The van der Waals surface area contributed by atoms with E-state index in [2.05, 4.69) is 20.9 Å². The Morgan fingerprint density at radius 2 is 1.34 bits per heavy atom. The predicted molar refractivity (Wildman–Crippen MR) is 156 cm³/mol. The van der Waals surface area contributed by atoms with Gasteiger partial charge in [-0.1, -0.05) is 36.4 Å². The van der Waals surface area contributed by atoms with Crippen LogP contribution in [0.3, 0.4) is 0 Å². The van der Waals surface area contributed by atoms with Crippen molar-refractivity contribution in [2.24, 2.45) is 11.5 Å². The van der Waals surface area contributed by atoms with Crippen molar-refractivity contribution >= 4 is 22.4 Å². The summed E-state index contributed by atoms with van der Waals surface area (Å²) in [5.41, 5.74) is 14.1. The summed E-state index contributed by atoms with van der Waals surface area (Å²) in [6.45, 7) is 5.38. The molecule has 6 N–H and O–H groups in total. The number of nitro benzene ring substituents is 1. The molecule has 13 heteroatoms. The summed E-state index contributed by atoms with van der Waals surface area (Å²) < 4.78 is 17.2. The number of para-hydroxylation sites is 2. The second-order valence-corrected chi connectivity index (χ2v) is 9.15. The third kappa shape index (κ3) is 8.11. The first-order valence-corrected chi connectivity index (χ1v) is 13.5. The number of hydrogen-bond donors (Lipinski definition) is 4. The molecule has 0 bridgehead atoms. The molecular weight excluding hydrogens is 528 g/mol. The van der Waals surface area contributed by atoms with Crippen molar-refractivity contribution < 1.29 is 19.0 Å². The van der Waals surface area contributed by atoms with Crippen molar-refractivity contribution in [3.05, 3.63) is 81.9 Å². The molecule has 0 aliphatic rings. The highest BCUT2D eigenvalue weighted by molar-refractivity contribution is 5.93. The average molecular weight is 565 g/mol. The molecule has 1 heterocycles. The SMILES string of the molecule is NCCNCc1ccccc1OCCN(CCOc1ccccc1CNCCN)c1ccc([N+](=O)[O-])c2nonc12. The minimum Gasteiger partial charge on any atom is -0.491 e. The van der Waals surface area contributed by atoms with Gasteiger partial charge in [0.25, 0.3) is 0 Å². The quantitative estimate of drug-likeness (QED) is 0.0787. The van der Waals surface area contributed by atoms with Crippen LogP contribution in [0.4, 0.5) is 11.4 Å². The third-order valence-corrected chi connectivity index (χ3v) is 6.37. The van der Waals surface area contributed by atoms with Crippen molar-refractivity contribution in [2.75, 3.05) is 57.4 Å². The summed E-state index contributed by atoms with van der Waals surface area (Å²) in [5.74, 6) is 1.54. The van der Waals surface area contributed by atoms with E-state index in [1.54, 1.807) is 6.07 Å². The number of nitrogens with zero attached hydrogens (tertiary/aromatic N) is 4. The average Bonchev–Trinajstić information content (AvgIpc) is 3.48. The van der Waals surface area contributed by atoms with Crippen LogP contribution in [0.1, 0.15) is 11.1 Å². The van der Waals surface area contributed by atoms with Crippen LogP contribution in [-0.2, 0) is 13.1 Å². The zero-order valence-electron chi connectivity index (χ0n) is 22.8. The number of non-ortho nitro benzene ring substituents is 1. The fourth-order valence-electron chi connectivity index (χ4n) is 4.36. The van der Waals surface area contributed by atoms with Crippen LogP contribution >= 0.6 is 0 Å². The van der Waals surface area contributed by atoms with Crippen LogP contribution in [0.15, 0.2) is 65.3 Å². The zero-order valence-corrected chi connectivity index (χ0v) is 22.8. The normalized spacial score (nSPS) is 11.1. The number of ether oxygens (including phenoxy) is 2. The number of anilines is 1. The van der Waals surface area contributed by atoms with Gasteiger partial charge in [-0.3, -0.25) is 10.1 Å². The lowest BCUT2D eigenvalue weighted by molar-refractivity contribution is -0.383. The van der Waals surface area contributed by atoms with E-state index in [1.165, 1.54) is 6.07 Å².